The SMILES string of the molecule is CC(=O)OC1(CCc2ccccc2)CN(C(C)(C)C)C1=O. The van der Waals surface area contributed by atoms with E-state index in [1.165, 1.54) is 6.92 Å². The van der Waals surface area contributed by atoms with Crippen LogP contribution < -0.4 is 0 Å². The van der Waals surface area contributed by atoms with Gasteiger partial charge in [0, 0.05) is 18.9 Å². The number of esters is 1. The summed E-state index contributed by atoms with van der Waals surface area (Å²) >= 11 is 0. The minimum Gasteiger partial charge on any atom is -0.447 e. The molecule has 4 heteroatoms. The summed E-state index contributed by atoms with van der Waals surface area (Å²) in [5, 5.41) is 0. The van der Waals surface area contributed by atoms with Crippen LogP contribution in [0.25, 0.3) is 0 Å². The molecule has 0 bridgehead atoms. The van der Waals surface area contributed by atoms with Gasteiger partial charge in [0.2, 0.25) is 5.60 Å². The molecule has 1 amide bonds. The van der Waals surface area contributed by atoms with Gasteiger partial charge < -0.3 is 9.64 Å². The first-order chi connectivity index (χ1) is 9.74. The van der Waals surface area contributed by atoms with E-state index in [0.717, 1.165) is 12.0 Å². The van der Waals surface area contributed by atoms with Gasteiger partial charge in [0.25, 0.3) is 5.91 Å². The van der Waals surface area contributed by atoms with Crippen LogP contribution in [0.2, 0.25) is 0 Å². The van der Waals surface area contributed by atoms with Crippen LogP contribution in [0.15, 0.2) is 30.3 Å². The van der Waals surface area contributed by atoms with Gasteiger partial charge in [-0.3, -0.25) is 9.59 Å². The van der Waals surface area contributed by atoms with Crippen molar-refractivity contribution in [1.29, 1.82) is 0 Å². The number of ether oxygens (including phenoxy) is 1. The van der Waals surface area contributed by atoms with Gasteiger partial charge in [-0.05, 0) is 32.8 Å². The molecule has 1 aromatic carbocycles. The highest BCUT2D eigenvalue weighted by Gasteiger charge is 2.57. The average molecular weight is 289 g/mol. The second-order valence-electron chi connectivity index (χ2n) is 6.64. The zero-order chi connectivity index (χ0) is 15.7. The number of likely N-dealkylation sites (tertiary alicyclic amines) is 1. The van der Waals surface area contributed by atoms with Gasteiger partial charge in [0.15, 0.2) is 0 Å². The van der Waals surface area contributed by atoms with Crippen molar-refractivity contribution in [2.24, 2.45) is 0 Å². The van der Waals surface area contributed by atoms with E-state index in [1.807, 2.05) is 51.1 Å². The van der Waals surface area contributed by atoms with Crippen molar-refractivity contribution in [3.8, 4) is 0 Å². The minimum atomic E-state index is -0.977. The zero-order valence-corrected chi connectivity index (χ0v) is 13.2. The number of hydrogen-bond acceptors (Lipinski definition) is 3. The van der Waals surface area contributed by atoms with Crippen LogP contribution in [-0.2, 0) is 20.7 Å². The fraction of sp³-hybridized carbons (Fsp3) is 0.529. The smallest absolute Gasteiger partial charge is 0.303 e. The summed E-state index contributed by atoms with van der Waals surface area (Å²) in [6.07, 6.45) is 1.25. The lowest BCUT2D eigenvalue weighted by Gasteiger charge is -2.53. The second kappa shape index (κ2) is 5.51. The van der Waals surface area contributed by atoms with Crippen molar-refractivity contribution >= 4 is 11.9 Å². The van der Waals surface area contributed by atoms with Gasteiger partial charge in [0.1, 0.15) is 0 Å². The minimum absolute atomic E-state index is 0.0823. The first-order valence-corrected chi connectivity index (χ1v) is 7.30. The molecule has 1 aliphatic rings. The normalized spacial score (nSPS) is 21.9. The number of carbonyl (C=O) groups excluding carboxylic acids is 2. The van der Waals surface area contributed by atoms with Crippen LogP contribution in [0.4, 0.5) is 0 Å². The number of rotatable bonds is 4. The zero-order valence-electron chi connectivity index (χ0n) is 13.2. The molecule has 21 heavy (non-hydrogen) atoms. The molecule has 0 aliphatic carbocycles. The Labute approximate surface area is 126 Å². The summed E-state index contributed by atoms with van der Waals surface area (Å²) in [6, 6.07) is 9.94. The quantitative estimate of drug-likeness (QED) is 0.632. The fourth-order valence-electron chi connectivity index (χ4n) is 2.67. The summed E-state index contributed by atoms with van der Waals surface area (Å²) < 4.78 is 5.40. The number of nitrogens with zero attached hydrogens (tertiary/aromatic N) is 1. The lowest BCUT2D eigenvalue weighted by Crippen LogP contribution is -2.72. The molecule has 0 aromatic heterocycles. The van der Waals surface area contributed by atoms with Crippen molar-refractivity contribution in [3.05, 3.63) is 35.9 Å². The van der Waals surface area contributed by atoms with Crippen molar-refractivity contribution in [3.63, 3.8) is 0 Å². The topological polar surface area (TPSA) is 46.6 Å². The summed E-state index contributed by atoms with van der Waals surface area (Å²) in [5.41, 5.74) is -0.0753. The fourth-order valence-corrected chi connectivity index (χ4v) is 2.67. The summed E-state index contributed by atoms with van der Waals surface area (Å²) in [7, 11) is 0. The van der Waals surface area contributed by atoms with E-state index < -0.39 is 11.6 Å². The third kappa shape index (κ3) is 3.26. The number of hydrogen-bond donors (Lipinski definition) is 0. The van der Waals surface area contributed by atoms with E-state index in [4.69, 9.17) is 4.74 Å². The number of amides is 1. The maximum absolute atomic E-state index is 12.5. The molecule has 1 saturated heterocycles. The second-order valence-corrected chi connectivity index (χ2v) is 6.64. The number of carbonyl (C=O) groups is 2. The molecule has 1 heterocycles. The highest BCUT2D eigenvalue weighted by molar-refractivity contribution is 5.94. The Morgan fingerprint density at radius 1 is 1.29 bits per heavy atom. The lowest BCUT2D eigenvalue weighted by molar-refractivity contribution is -0.201. The molecule has 1 unspecified atom stereocenters. The Balaban J connectivity index is 2.10. The Morgan fingerprint density at radius 3 is 2.38 bits per heavy atom. The predicted octanol–water partition coefficient (Wildman–Crippen LogP) is 2.56. The molecule has 2 rings (SSSR count). The van der Waals surface area contributed by atoms with Crippen molar-refractivity contribution in [2.45, 2.75) is 51.7 Å². The molecular weight excluding hydrogens is 266 g/mol. The molecule has 0 spiro atoms. The molecule has 1 atom stereocenters. The maximum atomic E-state index is 12.5. The summed E-state index contributed by atoms with van der Waals surface area (Å²) in [4.78, 5) is 25.7. The van der Waals surface area contributed by atoms with Gasteiger partial charge in [0.05, 0.1) is 6.54 Å². The van der Waals surface area contributed by atoms with Crippen molar-refractivity contribution in [2.75, 3.05) is 6.54 Å². The summed E-state index contributed by atoms with van der Waals surface area (Å²) in [5.74, 6) is -0.480. The number of β-lactam (4-membered cyclic amide) rings is 1. The molecular formula is C17H23NO3. The molecule has 0 saturated carbocycles. The van der Waals surface area contributed by atoms with Crippen LogP contribution in [0.3, 0.4) is 0 Å². The molecule has 1 aromatic rings. The molecule has 0 radical (unpaired) electrons. The van der Waals surface area contributed by atoms with E-state index in [-0.39, 0.29) is 11.4 Å². The first kappa shape index (κ1) is 15.5. The molecule has 114 valence electrons. The Morgan fingerprint density at radius 2 is 1.90 bits per heavy atom. The van der Waals surface area contributed by atoms with Crippen LogP contribution in [-0.4, -0.2) is 34.5 Å². The number of benzene rings is 1. The van der Waals surface area contributed by atoms with Crippen LogP contribution in [0, 0.1) is 0 Å². The standard InChI is InChI=1S/C17H23NO3/c1-13(19)21-17(11-10-14-8-6-5-7-9-14)12-18(15(17)20)16(2,3)4/h5-9H,10-12H2,1-4H3. The van der Waals surface area contributed by atoms with Gasteiger partial charge in [-0.25, -0.2) is 0 Å². The van der Waals surface area contributed by atoms with Crippen LogP contribution in [0.1, 0.15) is 39.7 Å². The highest BCUT2D eigenvalue weighted by atomic mass is 16.6. The van der Waals surface area contributed by atoms with Crippen molar-refractivity contribution in [1.82, 2.24) is 4.90 Å². The van der Waals surface area contributed by atoms with E-state index >= 15 is 0 Å². The highest BCUT2D eigenvalue weighted by Crippen LogP contribution is 2.36. The van der Waals surface area contributed by atoms with E-state index in [1.54, 1.807) is 4.90 Å². The van der Waals surface area contributed by atoms with Crippen LogP contribution in [0.5, 0.6) is 0 Å². The first-order valence-electron chi connectivity index (χ1n) is 7.30. The molecule has 0 N–H and O–H groups in total. The largest absolute Gasteiger partial charge is 0.447 e. The third-order valence-corrected chi connectivity index (χ3v) is 3.86. The van der Waals surface area contributed by atoms with Crippen LogP contribution >= 0.6 is 0 Å². The van der Waals surface area contributed by atoms with Crippen molar-refractivity contribution < 1.29 is 14.3 Å². The van der Waals surface area contributed by atoms with Gasteiger partial charge >= 0.3 is 5.97 Å². The van der Waals surface area contributed by atoms with Gasteiger partial charge in [-0.15, -0.1) is 0 Å². The van der Waals surface area contributed by atoms with Gasteiger partial charge in [-0.1, -0.05) is 30.3 Å². The Kier molecular flexibility index (Phi) is 4.08. The Bertz CT molecular complexity index is 533. The monoisotopic (exact) mass is 289 g/mol. The molecule has 4 nitrogen and oxygen atoms in total. The molecule has 1 aliphatic heterocycles. The predicted molar refractivity (Wildman–Crippen MR) is 80.7 cm³/mol. The average Bonchev–Trinajstić information content (AvgIpc) is 2.40. The Hall–Kier alpha value is -1.84. The van der Waals surface area contributed by atoms with E-state index in [2.05, 4.69) is 0 Å². The molecule has 1 fully saturated rings. The number of aryl methyl sites for hydroxylation is 1. The third-order valence-electron chi connectivity index (χ3n) is 3.86. The summed E-state index contributed by atoms with van der Waals surface area (Å²) in [6.45, 7) is 7.79. The maximum Gasteiger partial charge on any atom is 0.303 e. The van der Waals surface area contributed by atoms with E-state index in [0.29, 0.717) is 13.0 Å². The van der Waals surface area contributed by atoms with Gasteiger partial charge in [-0.2, -0.15) is 0 Å². The van der Waals surface area contributed by atoms with E-state index in [9.17, 15) is 9.59 Å². The lowest BCUT2D eigenvalue weighted by atomic mass is 9.82.